The summed E-state index contributed by atoms with van der Waals surface area (Å²) in [5.41, 5.74) is 0.516. The van der Waals surface area contributed by atoms with E-state index in [9.17, 15) is 19.2 Å². The van der Waals surface area contributed by atoms with Crippen molar-refractivity contribution in [3.8, 4) is 0 Å². The van der Waals surface area contributed by atoms with Crippen molar-refractivity contribution in [2.24, 2.45) is 0 Å². The molecule has 0 unspecified atom stereocenters. The smallest absolute Gasteiger partial charge is 0.321 e. The summed E-state index contributed by atoms with van der Waals surface area (Å²) < 4.78 is 4.65. The van der Waals surface area contributed by atoms with Crippen molar-refractivity contribution in [3.63, 3.8) is 0 Å². The fourth-order valence-corrected chi connectivity index (χ4v) is 1.43. The molecule has 1 rings (SSSR count). The predicted octanol–water partition coefficient (Wildman–Crippen LogP) is 0.648. The lowest BCUT2D eigenvalue weighted by molar-refractivity contribution is -0.148. The van der Waals surface area contributed by atoms with Crippen molar-refractivity contribution in [1.82, 2.24) is 10.6 Å². The van der Waals surface area contributed by atoms with Gasteiger partial charge >= 0.3 is 12.0 Å². The number of hydrogen-bond acceptors (Lipinski definition) is 5. The van der Waals surface area contributed by atoms with Gasteiger partial charge in [-0.15, -0.1) is 0 Å². The van der Waals surface area contributed by atoms with E-state index < -0.39 is 24.5 Å². The van der Waals surface area contributed by atoms with Crippen LogP contribution >= 0.6 is 0 Å². The fourth-order valence-electron chi connectivity index (χ4n) is 1.43. The monoisotopic (exact) mass is 292 g/mol. The third kappa shape index (κ3) is 6.33. The minimum atomic E-state index is -0.739. The Morgan fingerprint density at radius 2 is 1.71 bits per heavy atom. The topological polar surface area (TPSA) is 102 Å². The van der Waals surface area contributed by atoms with Gasteiger partial charge < -0.3 is 10.1 Å². The molecule has 7 nitrogen and oxygen atoms in total. The van der Waals surface area contributed by atoms with Crippen molar-refractivity contribution in [3.05, 3.63) is 35.9 Å². The third-order valence-corrected chi connectivity index (χ3v) is 2.50. The molecule has 7 heteroatoms. The molecule has 21 heavy (non-hydrogen) atoms. The molecular weight excluding hydrogens is 276 g/mol. The first-order chi connectivity index (χ1) is 10.0. The first kappa shape index (κ1) is 16.4. The van der Waals surface area contributed by atoms with Crippen LogP contribution in [0, 0.1) is 0 Å². The van der Waals surface area contributed by atoms with E-state index in [2.05, 4.69) is 10.1 Å². The Kier molecular flexibility index (Phi) is 6.59. The van der Waals surface area contributed by atoms with Gasteiger partial charge in [0.2, 0.25) is 0 Å². The number of ketones is 1. The summed E-state index contributed by atoms with van der Waals surface area (Å²) in [6.07, 6.45) is -0.124. The number of carbonyl (C=O) groups is 4. The molecule has 0 aromatic heterocycles. The van der Waals surface area contributed by atoms with Crippen LogP contribution in [0.4, 0.5) is 4.79 Å². The van der Waals surface area contributed by atoms with Crippen molar-refractivity contribution in [2.75, 3.05) is 13.7 Å². The van der Waals surface area contributed by atoms with Gasteiger partial charge in [0.05, 0.1) is 6.42 Å². The molecule has 3 amide bonds. The third-order valence-electron chi connectivity index (χ3n) is 2.50. The van der Waals surface area contributed by atoms with E-state index in [0.717, 1.165) is 0 Å². The summed E-state index contributed by atoms with van der Waals surface area (Å²) in [7, 11) is 1.35. The highest BCUT2D eigenvalue weighted by Gasteiger charge is 2.12. The zero-order valence-corrected chi connectivity index (χ0v) is 11.5. The van der Waals surface area contributed by atoms with Crippen molar-refractivity contribution in [1.29, 1.82) is 0 Å². The number of carbonyl (C=O) groups excluding carboxylic acids is 4. The van der Waals surface area contributed by atoms with Gasteiger partial charge in [0, 0.05) is 19.0 Å². The molecule has 112 valence electrons. The molecule has 0 saturated carbocycles. The highest BCUT2D eigenvalue weighted by atomic mass is 16.5. The van der Waals surface area contributed by atoms with Crippen LogP contribution in [0.25, 0.3) is 0 Å². The Labute approximate surface area is 121 Å². The van der Waals surface area contributed by atoms with Gasteiger partial charge in [-0.05, 0) is 0 Å². The van der Waals surface area contributed by atoms with Crippen LogP contribution in [0.2, 0.25) is 0 Å². The van der Waals surface area contributed by atoms with E-state index >= 15 is 0 Å². The Bertz CT molecular complexity index is 527. The van der Waals surface area contributed by atoms with Gasteiger partial charge in [-0.1, -0.05) is 30.3 Å². The summed E-state index contributed by atoms with van der Waals surface area (Å²) in [6, 6.07) is 7.88. The van der Waals surface area contributed by atoms with E-state index in [-0.39, 0.29) is 18.6 Å². The number of hydrogen-bond donors (Lipinski definition) is 2. The van der Waals surface area contributed by atoms with E-state index in [0.29, 0.717) is 5.56 Å². The Morgan fingerprint density at radius 3 is 2.33 bits per heavy atom. The van der Waals surface area contributed by atoms with Gasteiger partial charge in [0.15, 0.2) is 12.4 Å². The maximum atomic E-state index is 11.7. The molecule has 0 radical (unpaired) electrons. The lowest BCUT2D eigenvalue weighted by atomic mass is 10.1. The number of ether oxygens (including phenoxy) is 1. The summed E-state index contributed by atoms with van der Waals surface area (Å²) in [4.78, 5) is 45.1. The number of imide groups is 1. The van der Waals surface area contributed by atoms with Crippen LogP contribution in [0.15, 0.2) is 30.3 Å². The molecule has 1 aromatic carbocycles. The minimum absolute atomic E-state index is 0.0000875. The number of rotatable bonds is 6. The summed E-state index contributed by atoms with van der Waals surface area (Å²) >= 11 is 0. The zero-order chi connectivity index (χ0) is 15.7. The highest BCUT2D eigenvalue weighted by molar-refractivity contribution is 5.98. The Hall–Kier alpha value is -2.70. The molecule has 0 aliphatic carbocycles. The number of amides is 3. The van der Waals surface area contributed by atoms with Gasteiger partial charge in [0.1, 0.15) is 0 Å². The molecular formula is C14H16N2O5. The van der Waals surface area contributed by atoms with Gasteiger partial charge in [0.25, 0.3) is 5.91 Å². The van der Waals surface area contributed by atoms with E-state index in [1.54, 1.807) is 30.3 Å². The molecule has 0 saturated heterocycles. The van der Waals surface area contributed by atoms with Crippen LogP contribution in [-0.4, -0.2) is 37.3 Å². The van der Waals surface area contributed by atoms with Gasteiger partial charge in [-0.2, -0.15) is 0 Å². The van der Waals surface area contributed by atoms with Crippen LogP contribution in [0.3, 0.4) is 0 Å². The number of benzene rings is 1. The first-order valence-corrected chi connectivity index (χ1v) is 6.28. The largest absolute Gasteiger partial charge is 0.456 e. The lowest BCUT2D eigenvalue weighted by Crippen LogP contribution is -2.39. The predicted molar refractivity (Wildman–Crippen MR) is 73.6 cm³/mol. The highest BCUT2D eigenvalue weighted by Crippen LogP contribution is 2.05. The number of Topliss-reactive ketones (excluding diaryl/α,β-unsaturated/α-hetero) is 1. The average Bonchev–Trinajstić information content (AvgIpc) is 2.51. The summed E-state index contributed by atoms with van der Waals surface area (Å²) in [6.45, 7) is -0.564. The standard InChI is InChI=1S/C14H16N2O5/c1-15-14(20)16-12(18)9-21-13(19)8-7-11(17)10-5-3-2-4-6-10/h2-6H,7-9H2,1H3,(H2,15,16,18,20). The van der Waals surface area contributed by atoms with Gasteiger partial charge in [-0.3, -0.25) is 19.7 Å². The number of urea groups is 1. The second kappa shape index (κ2) is 8.47. The average molecular weight is 292 g/mol. The molecule has 2 N–H and O–H groups in total. The van der Waals surface area contributed by atoms with Crippen molar-refractivity contribution >= 4 is 23.7 Å². The van der Waals surface area contributed by atoms with Crippen LogP contribution < -0.4 is 10.6 Å². The molecule has 0 spiro atoms. The molecule has 0 aliphatic rings. The Balaban J connectivity index is 2.27. The van der Waals surface area contributed by atoms with Gasteiger partial charge in [-0.25, -0.2) is 4.79 Å². The number of nitrogens with one attached hydrogen (secondary N) is 2. The second-order valence-electron chi connectivity index (χ2n) is 4.08. The zero-order valence-electron chi connectivity index (χ0n) is 11.5. The van der Waals surface area contributed by atoms with E-state index in [1.165, 1.54) is 7.05 Å². The minimum Gasteiger partial charge on any atom is -0.456 e. The quantitative estimate of drug-likeness (QED) is 0.592. The molecule has 0 fully saturated rings. The first-order valence-electron chi connectivity index (χ1n) is 6.28. The van der Waals surface area contributed by atoms with Crippen molar-refractivity contribution in [2.45, 2.75) is 12.8 Å². The summed E-state index contributed by atoms with van der Waals surface area (Å²) in [5, 5.41) is 4.13. The molecule has 0 bridgehead atoms. The number of esters is 1. The van der Waals surface area contributed by atoms with Crippen LogP contribution in [0.1, 0.15) is 23.2 Å². The summed E-state index contributed by atoms with van der Waals surface area (Å²) in [5.74, 6) is -1.59. The SMILES string of the molecule is CNC(=O)NC(=O)COC(=O)CCC(=O)c1ccccc1. The lowest BCUT2D eigenvalue weighted by Gasteiger charge is -2.05. The normalized spacial score (nSPS) is 9.57. The molecule has 0 aliphatic heterocycles. The van der Waals surface area contributed by atoms with E-state index in [4.69, 9.17) is 0 Å². The van der Waals surface area contributed by atoms with Crippen LogP contribution in [0.5, 0.6) is 0 Å². The fraction of sp³-hybridized carbons (Fsp3) is 0.286. The maximum absolute atomic E-state index is 11.7. The van der Waals surface area contributed by atoms with E-state index in [1.807, 2.05) is 5.32 Å². The second-order valence-corrected chi connectivity index (χ2v) is 4.08. The molecule has 0 heterocycles. The molecule has 1 aromatic rings. The maximum Gasteiger partial charge on any atom is 0.321 e. The molecule has 0 atom stereocenters. The van der Waals surface area contributed by atoms with Crippen LogP contribution in [-0.2, 0) is 14.3 Å². The van der Waals surface area contributed by atoms with Crippen molar-refractivity contribution < 1.29 is 23.9 Å². The Morgan fingerprint density at radius 1 is 1.05 bits per heavy atom.